The molecule has 1 aliphatic heterocycles. The Balaban J connectivity index is 0.000000168. The molecule has 2 aliphatic carbocycles. The van der Waals surface area contributed by atoms with Gasteiger partial charge in [0.1, 0.15) is 17.5 Å². The van der Waals surface area contributed by atoms with Crippen LogP contribution in [0.15, 0.2) is 34.9 Å². The van der Waals surface area contributed by atoms with E-state index < -0.39 is 28.2 Å². The van der Waals surface area contributed by atoms with E-state index in [0.29, 0.717) is 31.6 Å². The van der Waals surface area contributed by atoms with Gasteiger partial charge in [0.2, 0.25) is 11.8 Å². The Labute approximate surface area is 206 Å². The van der Waals surface area contributed by atoms with Crippen LogP contribution in [0.5, 0.6) is 0 Å². The number of oxazole rings is 1. The zero-order valence-electron chi connectivity index (χ0n) is 19.8. The largest absolute Gasteiger partial charge is 0.449 e. The van der Waals surface area contributed by atoms with Crippen LogP contribution in [0.2, 0.25) is 0 Å². The summed E-state index contributed by atoms with van der Waals surface area (Å²) >= 11 is 0. The van der Waals surface area contributed by atoms with Gasteiger partial charge in [0, 0.05) is 72.3 Å². The topological polar surface area (TPSA) is 99.2 Å². The number of nitriles is 1. The van der Waals surface area contributed by atoms with Crippen LogP contribution in [0, 0.1) is 24.2 Å². The van der Waals surface area contributed by atoms with Crippen molar-refractivity contribution in [1.82, 2.24) is 10.3 Å². The molecule has 1 unspecified atom stereocenters. The smallest absolute Gasteiger partial charge is 0.248 e. The number of alkyl halides is 2. The lowest BCUT2D eigenvalue weighted by Crippen LogP contribution is -2.43. The molecule has 1 aromatic heterocycles. The summed E-state index contributed by atoms with van der Waals surface area (Å²) < 4.78 is 42.8. The maximum absolute atomic E-state index is 13.1. The van der Waals surface area contributed by atoms with E-state index in [2.05, 4.69) is 39.5 Å². The molecular formula is C25H30F2N4O3S. The summed E-state index contributed by atoms with van der Waals surface area (Å²) in [4.78, 5) is 18.3. The number of aryl methyl sites for hydroxylation is 1. The maximum atomic E-state index is 13.1. The van der Waals surface area contributed by atoms with Crippen molar-refractivity contribution in [2.75, 3.05) is 29.5 Å². The quantitative estimate of drug-likeness (QED) is 0.670. The number of halogens is 2. The van der Waals surface area contributed by atoms with Crippen LogP contribution in [-0.4, -0.2) is 51.2 Å². The summed E-state index contributed by atoms with van der Waals surface area (Å²) in [6, 6.07) is 10.3. The van der Waals surface area contributed by atoms with Crippen LogP contribution in [0.1, 0.15) is 44.4 Å². The second-order valence-corrected chi connectivity index (χ2v) is 11.2. The Bertz CT molecular complexity index is 1100. The van der Waals surface area contributed by atoms with Crippen molar-refractivity contribution < 1.29 is 22.2 Å². The van der Waals surface area contributed by atoms with Gasteiger partial charge in [0.15, 0.2) is 5.89 Å². The van der Waals surface area contributed by atoms with Crippen molar-refractivity contribution in [3.8, 4) is 17.3 Å². The second kappa shape index (κ2) is 10.4. The molecule has 1 amide bonds. The Hall–Kier alpha value is -2.80. The molecule has 5 rings (SSSR count). The minimum Gasteiger partial charge on any atom is -0.449 e. The van der Waals surface area contributed by atoms with Crippen LogP contribution >= 0.6 is 0 Å². The van der Waals surface area contributed by atoms with Crippen LogP contribution < -0.4 is 10.2 Å². The van der Waals surface area contributed by atoms with Gasteiger partial charge in [-0.3, -0.25) is 9.00 Å². The summed E-state index contributed by atoms with van der Waals surface area (Å²) in [6.07, 6.45) is 3.33. The highest BCUT2D eigenvalue weighted by molar-refractivity contribution is 7.85. The first-order valence-corrected chi connectivity index (χ1v) is 13.4. The predicted octanol–water partition coefficient (Wildman–Crippen LogP) is 4.20. The third-order valence-electron chi connectivity index (χ3n) is 6.66. The number of anilines is 1. The highest BCUT2D eigenvalue weighted by Gasteiger charge is 2.47. The van der Waals surface area contributed by atoms with Gasteiger partial charge in [0.05, 0.1) is 6.07 Å². The number of nitrogens with zero attached hydrogens (tertiary/aromatic N) is 3. The molecule has 1 atom stereocenters. The van der Waals surface area contributed by atoms with Gasteiger partial charge < -0.3 is 14.6 Å². The normalized spacial score (nSPS) is 22.9. The SMILES string of the molecule is Cc1nc(-c2ccc(N3CCS(=O)CC3)cc2)co1.N#CC1(NC(=O)C2CCCC(F)(F)C2)CC1. The number of carbonyl (C=O) groups is 1. The lowest BCUT2D eigenvalue weighted by Gasteiger charge is -2.28. The first-order valence-electron chi connectivity index (χ1n) is 11.9. The fourth-order valence-electron chi connectivity index (χ4n) is 4.36. The number of rotatable bonds is 4. The Morgan fingerprint density at radius 3 is 2.46 bits per heavy atom. The molecule has 188 valence electrons. The van der Waals surface area contributed by atoms with Crippen molar-refractivity contribution in [2.24, 2.45) is 5.92 Å². The molecule has 2 saturated carbocycles. The van der Waals surface area contributed by atoms with E-state index in [4.69, 9.17) is 9.68 Å². The zero-order chi connectivity index (χ0) is 25.1. The molecule has 3 aliphatic rings. The van der Waals surface area contributed by atoms with Crippen LogP contribution in [0.25, 0.3) is 11.3 Å². The summed E-state index contributed by atoms with van der Waals surface area (Å²) in [6.45, 7) is 3.58. The van der Waals surface area contributed by atoms with Crippen LogP contribution in [0.3, 0.4) is 0 Å². The van der Waals surface area contributed by atoms with Crippen molar-refractivity contribution in [3.05, 3.63) is 36.4 Å². The summed E-state index contributed by atoms with van der Waals surface area (Å²) in [5.41, 5.74) is 2.36. The molecule has 10 heteroatoms. The standard InChI is InChI=1S/C14H16N2O2S.C11H14F2N2O/c1-11-15-14(10-18-11)12-2-4-13(5-3-12)16-6-8-19(17)9-7-16;12-11(13)3-1-2-8(6-11)9(16)15-10(7-14)4-5-10/h2-5,10H,6-9H2,1H3;8H,1-6H2,(H,15,16). The van der Waals surface area contributed by atoms with E-state index in [1.54, 1.807) is 6.26 Å². The van der Waals surface area contributed by atoms with E-state index >= 15 is 0 Å². The highest BCUT2D eigenvalue weighted by atomic mass is 32.2. The molecule has 7 nitrogen and oxygen atoms in total. The molecular weight excluding hydrogens is 474 g/mol. The number of carbonyl (C=O) groups excluding carboxylic acids is 1. The number of nitrogens with one attached hydrogen (secondary N) is 1. The van der Waals surface area contributed by atoms with Crippen molar-refractivity contribution >= 4 is 22.4 Å². The Morgan fingerprint density at radius 1 is 1.23 bits per heavy atom. The van der Waals surface area contributed by atoms with Gasteiger partial charge in [0.25, 0.3) is 0 Å². The molecule has 0 radical (unpaired) electrons. The number of hydrogen-bond donors (Lipinski definition) is 1. The number of benzene rings is 1. The first-order chi connectivity index (χ1) is 16.7. The molecule has 0 spiro atoms. The monoisotopic (exact) mass is 504 g/mol. The molecule has 2 aromatic rings. The fraction of sp³-hybridized carbons (Fsp3) is 0.560. The lowest BCUT2D eigenvalue weighted by atomic mass is 9.86. The van der Waals surface area contributed by atoms with Crippen molar-refractivity contribution in [2.45, 2.75) is 56.9 Å². The molecule has 1 N–H and O–H groups in total. The lowest BCUT2D eigenvalue weighted by molar-refractivity contribution is -0.132. The van der Waals surface area contributed by atoms with E-state index in [9.17, 15) is 17.8 Å². The van der Waals surface area contributed by atoms with Gasteiger partial charge in [-0.15, -0.1) is 0 Å². The summed E-state index contributed by atoms with van der Waals surface area (Å²) in [7, 11) is -0.630. The third-order valence-corrected chi connectivity index (χ3v) is 7.94. The van der Waals surface area contributed by atoms with Crippen molar-refractivity contribution in [3.63, 3.8) is 0 Å². The number of aromatic nitrogens is 1. The molecule has 1 aromatic carbocycles. The summed E-state index contributed by atoms with van der Waals surface area (Å²) in [5.74, 6) is -1.51. The van der Waals surface area contributed by atoms with Gasteiger partial charge in [-0.1, -0.05) is 12.1 Å². The average molecular weight is 505 g/mol. The molecule has 3 fully saturated rings. The molecule has 1 saturated heterocycles. The van der Waals surface area contributed by atoms with E-state index in [1.807, 2.05) is 13.0 Å². The average Bonchev–Trinajstić information content (AvgIpc) is 3.48. The van der Waals surface area contributed by atoms with E-state index in [0.717, 1.165) is 35.9 Å². The molecule has 2 heterocycles. The van der Waals surface area contributed by atoms with Gasteiger partial charge in [-0.05, 0) is 37.8 Å². The van der Waals surface area contributed by atoms with Crippen molar-refractivity contribution in [1.29, 1.82) is 5.26 Å². The second-order valence-electron chi connectivity index (χ2n) is 9.47. The zero-order valence-corrected chi connectivity index (χ0v) is 20.6. The van der Waals surface area contributed by atoms with Gasteiger partial charge in [-0.25, -0.2) is 13.8 Å². The van der Waals surface area contributed by atoms with E-state index in [-0.39, 0.29) is 18.7 Å². The van der Waals surface area contributed by atoms with Crippen LogP contribution in [0.4, 0.5) is 14.5 Å². The molecule has 35 heavy (non-hydrogen) atoms. The van der Waals surface area contributed by atoms with Crippen LogP contribution in [-0.2, 0) is 15.6 Å². The minimum absolute atomic E-state index is 0.125. The molecule has 0 bridgehead atoms. The predicted molar refractivity (Wildman–Crippen MR) is 129 cm³/mol. The number of amides is 1. The van der Waals surface area contributed by atoms with Gasteiger partial charge >= 0.3 is 0 Å². The third kappa shape index (κ3) is 6.66. The summed E-state index contributed by atoms with van der Waals surface area (Å²) in [5, 5.41) is 11.4. The highest BCUT2D eigenvalue weighted by Crippen LogP contribution is 2.39. The van der Waals surface area contributed by atoms with Gasteiger partial charge in [-0.2, -0.15) is 5.26 Å². The number of hydrogen-bond acceptors (Lipinski definition) is 6. The Morgan fingerprint density at radius 2 is 1.91 bits per heavy atom. The maximum Gasteiger partial charge on any atom is 0.248 e. The Kier molecular flexibility index (Phi) is 7.55. The van der Waals surface area contributed by atoms with E-state index in [1.165, 1.54) is 5.69 Å². The first kappa shape index (κ1) is 25.3. The minimum atomic E-state index is -2.72. The fourth-order valence-corrected chi connectivity index (χ4v) is 5.41.